The van der Waals surface area contributed by atoms with Gasteiger partial charge >= 0.3 is 0 Å². The summed E-state index contributed by atoms with van der Waals surface area (Å²) in [6, 6.07) is 12.2. The number of benzene rings is 1. The van der Waals surface area contributed by atoms with E-state index in [0.717, 1.165) is 57.6 Å². The van der Waals surface area contributed by atoms with Crippen LogP contribution in [0.2, 0.25) is 0 Å². The molecule has 2 heterocycles. The van der Waals surface area contributed by atoms with Crippen molar-refractivity contribution in [3.63, 3.8) is 0 Å². The molecule has 0 aliphatic carbocycles. The minimum atomic E-state index is 0.236. The number of aryl methyl sites for hydroxylation is 1. The van der Waals surface area contributed by atoms with Crippen LogP contribution in [0.15, 0.2) is 48.8 Å². The van der Waals surface area contributed by atoms with Gasteiger partial charge in [-0.05, 0) is 74.0 Å². The van der Waals surface area contributed by atoms with Gasteiger partial charge in [-0.1, -0.05) is 18.2 Å². The number of amides is 1. The first-order chi connectivity index (χ1) is 14.2. The number of hydrogen-bond acceptors (Lipinski definition) is 4. The van der Waals surface area contributed by atoms with Gasteiger partial charge in [-0.3, -0.25) is 9.78 Å². The van der Waals surface area contributed by atoms with Crippen molar-refractivity contribution in [2.45, 2.75) is 32.1 Å². The summed E-state index contributed by atoms with van der Waals surface area (Å²) in [6.45, 7) is 4.15. The first-order valence-corrected chi connectivity index (χ1v) is 10.6. The van der Waals surface area contributed by atoms with Crippen LogP contribution in [0.5, 0.6) is 5.75 Å². The molecule has 29 heavy (non-hydrogen) atoms. The maximum absolute atomic E-state index is 12.5. The standard InChI is InChI=1S/C24H33N3O2/c1-26(24(28)8-7-20-9-14-25-15-10-20)19-21-11-16-27(17-12-21)18-13-22-5-3-4-6-23(22)29-2/h3-6,9-10,14-15,21H,7-8,11-13,16-19H2,1-2H3. The van der Waals surface area contributed by atoms with Gasteiger partial charge in [-0.2, -0.15) is 0 Å². The molecule has 1 amide bonds. The molecule has 0 bridgehead atoms. The van der Waals surface area contributed by atoms with Crippen LogP contribution in [-0.2, 0) is 17.6 Å². The maximum Gasteiger partial charge on any atom is 0.222 e. The second-order valence-corrected chi connectivity index (χ2v) is 7.98. The molecule has 0 spiro atoms. The summed E-state index contributed by atoms with van der Waals surface area (Å²) < 4.78 is 5.46. The first-order valence-electron chi connectivity index (χ1n) is 10.6. The lowest BCUT2D eigenvalue weighted by molar-refractivity contribution is -0.130. The van der Waals surface area contributed by atoms with Crippen LogP contribution in [0.1, 0.15) is 30.4 Å². The topological polar surface area (TPSA) is 45.7 Å². The number of likely N-dealkylation sites (tertiary alicyclic amines) is 1. The molecule has 2 aromatic rings. The van der Waals surface area contributed by atoms with E-state index >= 15 is 0 Å². The fourth-order valence-corrected chi connectivity index (χ4v) is 4.06. The van der Waals surface area contributed by atoms with Crippen molar-refractivity contribution in [3.05, 3.63) is 59.9 Å². The smallest absolute Gasteiger partial charge is 0.222 e. The Labute approximate surface area is 174 Å². The zero-order valence-corrected chi connectivity index (χ0v) is 17.7. The minimum Gasteiger partial charge on any atom is -0.496 e. The summed E-state index contributed by atoms with van der Waals surface area (Å²) in [5, 5.41) is 0. The summed E-state index contributed by atoms with van der Waals surface area (Å²) in [6.07, 6.45) is 8.26. The quantitative estimate of drug-likeness (QED) is 0.653. The molecule has 1 aliphatic heterocycles. The number of carbonyl (C=O) groups is 1. The van der Waals surface area contributed by atoms with Gasteiger partial charge in [0.15, 0.2) is 0 Å². The normalized spacial score (nSPS) is 15.2. The molecule has 0 saturated carbocycles. The largest absolute Gasteiger partial charge is 0.496 e. The second kappa shape index (κ2) is 11.0. The highest BCUT2D eigenvalue weighted by molar-refractivity contribution is 5.76. The molecule has 0 atom stereocenters. The Morgan fingerprint density at radius 1 is 1.14 bits per heavy atom. The molecule has 0 unspecified atom stereocenters. The van der Waals surface area contributed by atoms with Crippen LogP contribution in [-0.4, -0.2) is 61.0 Å². The van der Waals surface area contributed by atoms with E-state index in [-0.39, 0.29) is 5.91 Å². The van der Waals surface area contributed by atoms with Crippen LogP contribution in [0.25, 0.3) is 0 Å². The van der Waals surface area contributed by atoms with E-state index < -0.39 is 0 Å². The van der Waals surface area contributed by atoms with Crippen molar-refractivity contribution in [2.24, 2.45) is 5.92 Å². The predicted octanol–water partition coefficient (Wildman–Crippen LogP) is 3.44. The third-order valence-electron chi connectivity index (χ3n) is 5.93. The van der Waals surface area contributed by atoms with Gasteiger partial charge in [-0.15, -0.1) is 0 Å². The van der Waals surface area contributed by atoms with Gasteiger partial charge in [0.2, 0.25) is 5.91 Å². The maximum atomic E-state index is 12.5. The van der Waals surface area contributed by atoms with Crippen LogP contribution in [0.3, 0.4) is 0 Å². The van der Waals surface area contributed by atoms with E-state index in [9.17, 15) is 4.79 Å². The Kier molecular flexibility index (Phi) is 8.05. The van der Waals surface area contributed by atoms with Crippen LogP contribution in [0, 0.1) is 5.92 Å². The SMILES string of the molecule is COc1ccccc1CCN1CCC(CN(C)C(=O)CCc2ccncc2)CC1. The molecule has 1 fully saturated rings. The number of ether oxygens (including phenoxy) is 1. The Balaban J connectivity index is 1.36. The van der Waals surface area contributed by atoms with Crippen molar-refractivity contribution in [2.75, 3.05) is 40.3 Å². The molecule has 0 N–H and O–H groups in total. The highest BCUT2D eigenvalue weighted by Gasteiger charge is 2.22. The molecule has 0 radical (unpaired) electrons. The summed E-state index contributed by atoms with van der Waals surface area (Å²) in [5.74, 6) is 1.82. The monoisotopic (exact) mass is 395 g/mol. The highest BCUT2D eigenvalue weighted by Crippen LogP contribution is 2.21. The molecular formula is C24H33N3O2. The molecule has 3 rings (SSSR count). The number of carbonyl (C=O) groups excluding carboxylic acids is 1. The number of nitrogens with zero attached hydrogens (tertiary/aromatic N) is 3. The van der Waals surface area contributed by atoms with Crippen molar-refractivity contribution in [1.82, 2.24) is 14.8 Å². The number of para-hydroxylation sites is 1. The summed E-state index contributed by atoms with van der Waals surface area (Å²) >= 11 is 0. The van der Waals surface area contributed by atoms with E-state index in [2.05, 4.69) is 22.0 Å². The van der Waals surface area contributed by atoms with Crippen molar-refractivity contribution in [1.29, 1.82) is 0 Å². The number of methoxy groups -OCH3 is 1. The zero-order chi connectivity index (χ0) is 20.5. The molecule has 1 aromatic carbocycles. The Bertz CT molecular complexity index is 758. The third kappa shape index (κ3) is 6.57. The van der Waals surface area contributed by atoms with Crippen molar-refractivity contribution in [3.8, 4) is 5.75 Å². The van der Waals surface area contributed by atoms with Crippen LogP contribution < -0.4 is 4.74 Å². The van der Waals surface area contributed by atoms with E-state index in [4.69, 9.17) is 4.74 Å². The van der Waals surface area contributed by atoms with Gasteiger partial charge in [0.1, 0.15) is 5.75 Å². The van der Waals surface area contributed by atoms with Gasteiger partial charge in [-0.25, -0.2) is 0 Å². The van der Waals surface area contributed by atoms with Gasteiger partial charge in [0.05, 0.1) is 7.11 Å². The molecule has 1 saturated heterocycles. The van der Waals surface area contributed by atoms with E-state index in [0.29, 0.717) is 12.3 Å². The Morgan fingerprint density at radius 2 is 1.86 bits per heavy atom. The number of pyridine rings is 1. The lowest BCUT2D eigenvalue weighted by Gasteiger charge is -2.34. The minimum absolute atomic E-state index is 0.236. The molecule has 1 aromatic heterocycles. The molecular weight excluding hydrogens is 362 g/mol. The van der Waals surface area contributed by atoms with E-state index in [1.165, 1.54) is 11.1 Å². The third-order valence-corrected chi connectivity index (χ3v) is 5.93. The van der Waals surface area contributed by atoms with Gasteiger partial charge < -0.3 is 14.5 Å². The number of aromatic nitrogens is 1. The first kappa shape index (κ1) is 21.3. The van der Waals surface area contributed by atoms with E-state index in [1.54, 1.807) is 19.5 Å². The number of piperidine rings is 1. The zero-order valence-electron chi connectivity index (χ0n) is 17.7. The van der Waals surface area contributed by atoms with E-state index in [1.807, 2.05) is 36.2 Å². The predicted molar refractivity (Wildman–Crippen MR) is 116 cm³/mol. The summed E-state index contributed by atoms with van der Waals surface area (Å²) in [5.41, 5.74) is 2.45. The molecule has 1 aliphatic rings. The van der Waals surface area contributed by atoms with Crippen LogP contribution >= 0.6 is 0 Å². The fourth-order valence-electron chi connectivity index (χ4n) is 4.06. The summed E-state index contributed by atoms with van der Waals surface area (Å²) in [7, 11) is 3.68. The van der Waals surface area contributed by atoms with Crippen molar-refractivity contribution >= 4 is 5.91 Å². The summed E-state index contributed by atoms with van der Waals surface area (Å²) in [4.78, 5) is 20.9. The Hall–Kier alpha value is -2.40. The Morgan fingerprint density at radius 3 is 2.59 bits per heavy atom. The average Bonchev–Trinajstić information content (AvgIpc) is 2.77. The lowest BCUT2D eigenvalue weighted by atomic mass is 9.95. The average molecular weight is 396 g/mol. The lowest BCUT2D eigenvalue weighted by Crippen LogP contribution is -2.40. The van der Waals surface area contributed by atoms with Gasteiger partial charge in [0.25, 0.3) is 0 Å². The van der Waals surface area contributed by atoms with Crippen LogP contribution in [0.4, 0.5) is 0 Å². The number of hydrogen-bond donors (Lipinski definition) is 0. The molecule has 5 nitrogen and oxygen atoms in total. The van der Waals surface area contributed by atoms with Gasteiger partial charge in [0, 0.05) is 39.0 Å². The molecule has 156 valence electrons. The highest BCUT2D eigenvalue weighted by atomic mass is 16.5. The fraction of sp³-hybridized carbons (Fsp3) is 0.500. The van der Waals surface area contributed by atoms with Crippen molar-refractivity contribution < 1.29 is 9.53 Å². The molecule has 5 heteroatoms. The number of rotatable bonds is 9. The second-order valence-electron chi connectivity index (χ2n) is 7.98.